The number of hydrogen-bond acceptors (Lipinski definition) is 5. The number of pyridine rings is 1. The molecule has 0 fully saturated rings. The van der Waals surface area contributed by atoms with Crippen molar-refractivity contribution in [2.75, 3.05) is 12.4 Å². The Bertz CT molecular complexity index is 1100. The van der Waals surface area contributed by atoms with Crippen molar-refractivity contribution in [1.29, 1.82) is 0 Å². The van der Waals surface area contributed by atoms with E-state index in [-0.39, 0.29) is 5.82 Å². The summed E-state index contributed by atoms with van der Waals surface area (Å²) in [4.78, 5) is 8.80. The van der Waals surface area contributed by atoms with Crippen LogP contribution in [0.25, 0.3) is 16.9 Å². The first-order valence-electron chi connectivity index (χ1n) is 8.49. The first kappa shape index (κ1) is 17.0. The Labute approximate surface area is 156 Å². The van der Waals surface area contributed by atoms with E-state index in [9.17, 15) is 4.39 Å². The smallest absolute Gasteiger partial charge is 0.212 e. The average molecular weight is 361 g/mol. The number of nitrogens with one attached hydrogen (secondary N) is 1. The highest BCUT2D eigenvalue weighted by Gasteiger charge is 2.13. The molecule has 27 heavy (non-hydrogen) atoms. The summed E-state index contributed by atoms with van der Waals surface area (Å²) in [5, 5.41) is 7.72. The number of aromatic nitrogens is 4. The van der Waals surface area contributed by atoms with Gasteiger partial charge in [-0.1, -0.05) is 18.2 Å². The molecule has 8 heteroatoms. The van der Waals surface area contributed by atoms with E-state index < -0.39 is 0 Å². The van der Waals surface area contributed by atoms with Gasteiger partial charge in [0.1, 0.15) is 19.5 Å². The van der Waals surface area contributed by atoms with E-state index >= 15 is 0 Å². The highest BCUT2D eigenvalue weighted by Crippen LogP contribution is 2.24. The number of ether oxygens (including phenoxy) is 1. The van der Waals surface area contributed by atoms with Gasteiger partial charge in [0, 0.05) is 36.6 Å². The molecule has 0 atom stereocenters. The molecule has 6 nitrogen and oxygen atoms in total. The molecule has 0 spiro atoms. The number of anilines is 1. The molecule has 0 amide bonds. The van der Waals surface area contributed by atoms with E-state index in [1.165, 1.54) is 6.07 Å². The monoisotopic (exact) mass is 361 g/mol. The Kier molecular flexibility index (Phi) is 4.46. The standard InChI is InChI=1S/C19H17BFN5O/c1-27-18-7-6-12(10-23-18)9-22-17-8-16(13-4-2-3-5-15(13)21)25-19-14(20)11-24-26(17)19/h2-8,10-11,22H,9,20H2,1H3. The molecule has 0 bridgehead atoms. The lowest BCUT2D eigenvalue weighted by atomic mass is 10.0. The summed E-state index contributed by atoms with van der Waals surface area (Å²) in [5.41, 5.74) is 3.60. The van der Waals surface area contributed by atoms with Gasteiger partial charge in [-0.05, 0) is 23.2 Å². The van der Waals surface area contributed by atoms with Crippen LogP contribution in [0.15, 0.2) is 54.9 Å². The zero-order chi connectivity index (χ0) is 18.8. The van der Waals surface area contributed by atoms with Crippen molar-refractivity contribution in [3.8, 4) is 17.1 Å². The number of halogens is 1. The molecule has 1 aromatic carbocycles. The molecular formula is C19H17BFN5O. The fourth-order valence-corrected chi connectivity index (χ4v) is 2.83. The van der Waals surface area contributed by atoms with Crippen LogP contribution >= 0.6 is 0 Å². The molecule has 0 aliphatic rings. The first-order valence-corrected chi connectivity index (χ1v) is 8.49. The van der Waals surface area contributed by atoms with Crippen molar-refractivity contribution in [3.63, 3.8) is 0 Å². The van der Waals surface area contributed by atoms with E-state index in [4.69, 9.17) is 4.74 Å². The quantitative estimate of drug-likeness (QED) is 0.550. The van der Waals surface area contributed by atoms with Crippen molar-refractivity contribution in [1.82, 2.24) is 19.6 Å². The normalized spacial score (nSPS) is 10.9. The van der Waals surface area contributed by atoms with Crippen molar-refractivity contribution < 1.29 is 9.13 Å². The van der Waals surface area contributed by atoms with E-state index in [0.29, 0.717) is 29.3 Å². The van der Waals surface area contributed by atoms with Crippen LogP contribution in [-0.4, -0.2) is 34.5 Å². The van der Waals surface area contributed by atoms with Gasteiger partial charge in [0.25, 0.3) is 0 Å². The molecule has 4 rings (SSSR count). The van der Waals surface area contributed by atoms with Crippen molar-refractivity contribution in [2.45, 2.75) is 6.54 Å². The SMILES string of the molecule is Bc1cnn2c(NCc3ccc(OC)nc3)cc(-c3ccccc3F)nc12. The molecule has 0 radical (unpaired) electrons. The molecule has 0 saturated heterocycles. The second-order valence-corrected chi connectivity index (χ2v) is 6.13. The fraction of sp³-hybridized carbons (Fsp3) is 0.105. The van der Waals surface area contributed by atoms with Crippen molar-refractivity contribution in [3.05, 3.63) is 66.2 Å². The maximum atomic E-state index is 14.3. The van der Waals surface area contributed by atoms with Gasteiger partial charge in [-0.15, -0.1) is 0 Å². The lowest BCUT2D eigenvalue weighted by Gasteiger charge is -2.12. The Balaban J connectivity index is 1.71. The van der Waals surface area contributed by atoms with Gasteiger partial charge in [0.15, 0.2) is 5.65 Å². The number of hydrogen-bond donors (Lipinski definition) is 1. The van der Waals surface area contributed by atoms with E-state index in [0.717, 1.165) is 16.8 Å². The van der Waals surface area contributed by atoms with Crippen LogP contribution < -0.4 is 15.5 Å². The van der Waals surface area contributed by atoms with Gasteiger partial charge in [-0.25, -0.2) is 14.4 Å². The molecule has 3 aromatic heterocycles. The Morgan fingerprint density at radius 1 is 1.19 bits per heavy atom. The third-order valence-electron chi connectivity index (χ3n) is 4.28. The molecule has 0 aliphatic carbocycles. The predicted molar refractivity (Wildman–Crippen MR) is 105 cm³/mol. The fourth-order valence-electron chi connectivity index (χ4n) is 2.83. The highest BCUT2D eigenvalue weighted by molar-refractivity contribution is 6.36. The molecule has 3 heterocycles. The number of benzene rings is 1. The lowest BCUT2D eigenvalue weighted by Crippen LogP contribution is -2.10. The van der Waals surface area contributed by atoms with E-state index in [1.807, 2.05) is 20.0 Å². The molecule has 4 aromatic rings. The second-order valence-electron chi connectivity index (χ2n) is 6.13. The highest BCUT2D eigenvalue weighted by atomic mass is 19.1. The van der Waals surface area contributed by atoms with Crippen LogP contribution in [0.2, 0.25) is 0 Å². The van der Waals surface area contributed by atoms with Crippen molar-refractivity contribution in [2.24, 2.45) is 0 Å². The summed E-state index contributed by atoms with van der Waals surface area (Å²) in [5.74, 6) is 0.980. The van der Waals surface area contributed by atoms with Gasteiger partial charge in [0.05, 0.1) is 12.8 Å². The third kappa shape index (κ3) is 3.33. The maximum absolute atomic E-state index is 14.3. The Morgan fingerprint density at radius 3 is 2.78 bits per heavy atom. The summed E-state index contributed by atoms with van der Waals surface area (Å²) in [6, 6.07) is 12.2. The van der Waals surface area contributed by atoms with E-state index in [2.05, 4.69) is 20.4 Å². The number of nitrogens with zero attached hydrogens (tertiary/aromatic N) is 4. The average Bonchev–Trinajstić information content (AvgIpc) is 3.08. The summed E-state index contributed by atoms with van der Waals surface area (Å²) in [6.07, 6.45) is 3.49. The third-order valence-corrected chi connectivity index (χ3v) is 4.28. The molecule has 0 saturated carbocycles. The molecule has 134 valence electrons. The van der Waals surface area contributed by atoms with Crippen LogP contribution in [0, 0.1) is 5.82 Å². The lowest BCUT2D eigenvalue weighted by molar-refractivity contribution is 0.397. The Hall–Kier alpha value is -3.42. The minimum atomic E-state index is -0.308. The zero-order valence-corrected chi connectivity index (χ0v) is 15.0. The molecule has 1 N–H and O–H groups in total. The molecule has 0 unspecified atom stereocenters. The van der Waals surface area contributed by atoms with E-state index in [1.54, 1.807) is 48.3 Å². The number of rotatable bonds is 5. The van der Waals surface area contributed by atoms with Crippen LogP contribution in [0.1, 0.15) is 5.56 Å². The van der Waals surface area contributed by atoms with Gasteiger partial charge < -0.3 is 10.1 Å². The maximum Gasteiger partial charge on any atom is 0.212 e. The predicted octanol–water partition coefficient (Wildman–Crippen LogP) is 1.81. The van der Waals surface area contributed by atoms with Gasteiger partial charge in [-0.3, -0.25) is 0 Å². The van der Waals surface area contributed by atoms with Crippen LogP contribution in [-0.2, 0) is 6.54 Å². The topological polar surface area (TPSA) is 64.3 Å². The minimum Gasteiger partial charge on any atom is -0.481 e. The number of methoxy groups -OCH3 is 1. The minimum absolute atomic E-state index is 0.308. The van der Waals surface area contributed by atoms with Crippen LogP contribution in [0.5, 0.6) is 5.88 Å². The Morgan fingerprint density at radius 2 is 2.04 bits per heavy atom. The molecule has 0 aliphatic heterocycles. The van der Waals surface area contributed by atoms with Gasteiger partial charge >= 0.3 is 0 Å². The second kappa shape index (κ2) is 7.07. The molecular weight excluding hydrogens is 344 g/mol. The van der Waals surface area contributed by atoms with Gasteiger partial charge in [0.2, 0.25) is 5.88 Å². The van der Waals surface area contributed by atoms with Crippen LogP contribution in [0.3, 0.4) is 0 Å². The number of fused-ring (bicyclic) bond motifs is 1. The summed E-state index contributed by atoms with van der Waals surface area (Å²) >= 11 is 0. The zero-order valence-electron chi connectivity index (χ0n) is 15.0. The first-order chi connectivity index (χ1) is 13.2. The van der Waals surface area contributed by atoms with Crippen molar-refractivity contribution >= 4 is 24.8 Å². The summed E-state index contributed by atoms with van der Waals surface area (Å²) in [7, 11) is 3.51. The van der Waals surface area contributed by atoms with Gasteiger partial charge in [-0.2, -0.15) is 9.61 Å². The van der Waals surface area contributed by atoms with Crippen LogP contribution in [0.4, 0.5) is 10.2 Å². The summed E-state index contributed by atoms with van der Waals surface area (Å²) < 4.78 is 21.1. The summed E-state index contributed by atoms with van der Waals surface area (Å²) in [6.45, 7) is 0.533. The largest absolute Gasteiger partial charge is 0.481 e.